The van der Waals surface area contributed by atoms with Gasteiger partial charge in [0.15, 0.2) is 0 Å². The Morgan fingerprint density at radius 1 is 1.39 bits per heavy atom. The molecule has 18 heavy (non-hydrogen) atoms. The number of carbonyl (C=O) groups is 1. The van der Waals surface area contributed by atoms with Gasteiger partial charge < -0.3 is 10.1 Å². The van der Waals surface area contributed by atoms with Gasteiger partial charge in [-0.1, -0.05) is 37.6 Å². The second kappa shape index (κ2) is 7.75. The molecule has 0 aromatic heterocycles. The molecule has 0 amide bonds. The predicted molar refractivity (Wildman–Crippen MR) is 74.0 cm³/mol. The fraction of sp³-hybridized carbons (Fsp3) is 0.533. The first kappa shape index (κ1) is 14.6. The highest BCUT2D eigenvalue weighted by molar-refractivity contribution is 5.88. The molecule has 3 nitrogen and oxygen atoms in total. The van der Waals surface area contributed by atoms with Crippen molar-refractivity contribution in [1.82, 2.24) is 5.32 Å². The summed E-state index contributed by atoms with van der Waals surface area (Å²) in [6.45, 7) is 6.43. The van der Waals surface area contributed by atoms with E-state index in [1.807, 2.05) is 37.3 Å². The third-order valence-corrected chi connectivity index (χ3v) is 2.76. The monoisotopic (exact) mass is 249 g/mol. The molecule has 0 heterocycles. The summed E-state index contributed by atoms with van der Waals surface area (Å²) in [5.74, 6) is -0.0834. The van der Waals surface area contributed by atoms with Crippen LogP contribution in [0.3, 0.4) is 0 Å². The van der Waals surface area contributed by atoms with E-state index in [2.05, 4.69) is 19.2 Å². The highest BCUT2D eigenvalue weighted by Gasteiger charge is 2.14. The van der Waals surface area contributed by atoms with E-state index >= 15 is 0 Å². The zero-order valence-electron chi connectivity index (χ0n) is 11.5. The first-order valence-electron chi connectivity index (χ1n) is 6.67. The molecule has 0 fully saturated rings. The number of rotatable bonds is 7. The summed E-state index contributed by atoms with van der Waals surface area (Å²) in [7, 11) is 0. The second-order valence-corrected chi connectivity index (χ2v) is 4.48. The van der Waals surface area contributed by atoms with Crippen molar-refractivity contribution >= 4 is 5.97 Å². The second-order valence-electron chi connectivity index (χ2n) is 4.48. The SMILES string of the molecule is CCC[C@@H](C)N/C(=C/C1C=CC=C1)C(=O)OCC. The topological polar surface area (TPSA) is 38.3 Å². The number of carbonyl (C=O) groups excluding carboxylic acids is 1. The van der Waals surface area contributed by atoms with Crippen molar-refractivity contribution < 1.29 is 9.53 Å². The van der Waals surface area contributed by atoms with Gasteiger partial charge in [0.2, 0.25) is 0 Å². The van der Waals surface area contributed by atoms with Crippen LogP contribution in [0.2, 0.25) is 0 Å². The van der Waals surface area contributed by atoms with Crippen LogP contribution in [-0.2, 0) is 9.53 Å². The van der Waals surface area contributed by atoms with Crippen LogP contribution in [0.4, 0.5) is 0 Å². The van der Waals surface area contributed by atoms with E-state index in [9.17, 15) is 4.79 Å². The normalized spacial score (nSPS) is 16.9. The lowest BCUT2D eigenvalue weighted by Crippen LogP contribution is -2.30. The molecule has 0 radical (unpaired) electrons. The largest absolute Gasteiger partial charge is 0.461 e. The van der Waals surface area contributed by atoms with E-state index in [4.69, 9.17) is 4.74 Å². The van der Waals surface area contributed by atoms with Gasteiger partial charge >= 0.3 is 5.97 Å². The average Bonchev–Trinajstić information content (AvgIpc) is 2.81. The van der Waals surface area contributed by atoms with Crippen LogP contribution in [0.5, 0.6) is 0 Å². The minimum absolute atomic E-state index is 0.186. The molecule has 100 valence electrons. The molecular weight excluding hydrogens is 226 g/mol. The van der Waals surface area contributed by atoms with E-state index in [0.717, 1.165) is 12.8 Å². The molecule has 1 aliphatic carbocycles. The fourth-order valence-electron chi connectivity index (χ4n) is 1.91. The van der Waals surface area contributed by atoms with Gasteiger partial charge in [0, 0.05) is 12.0 Å². The smallest absolute Gasteiger partial charge is 0.354 e. The van der Waals surface area contributed by atoms with Crippen LogP contribution in [-0.4, -0.2) is 18.6 Å². The zero-order chi connectivity index (χ0) is 13.4. The Labute approximate surface area is 110 Å². The molecule has 0 saturated carbocycles. The Balaban J connectivity index is 2.70. The van der Waals surface area contributed by atoms with Gasteiger partial charge in [-0.15, -0.1) is 0 Å². The van der Waals surface area contributed by atoms with Crippen molar-refractivity contribution in [3.8, 4) is 0 Å². The van der Waals surface area contributed by atoms with Crippen LogP contribution < -0.4 is 5.32 Å². The van der Waals surface area contributed by atoms with Crippen LogP contribution in [0.1, 0.15) is 33.6 Å². The molecular formula is C15H23NO2. The van der Waals surface area contributed by atoms with Crippen molar-refractivity contribution in [2.45, 2.75) is 39.7 Å². The van der Waals surface area contributed by atoms with Gasteiger partial charge in [0.1, 0.15) is 5.70 Å². The first-order valence-corrected chi connectivity index (χ1v) is 6.67. The third-order valence-electron chi connectivity index (χ3n) is 2.76. The highest BCUT2D eigenvalue weighted by atomic mass is 16.5. The Bertz CT molecular complexity index is 344. The molecule has 0 unspecified atom stereocenters. The minimum Gasteiger partial charge on any atom is -0.461 e. The van der Waals surface area contributed by atoms with Gasteiger partial charge in [-0.25, -0.2) is 4.79 Å². The summed E-state index contributed by atoms with van der Waals surface area (Å²) >= 11 is 0. The first-order chi connectivity index (χ1) is 8.67. The van der Waals surface area contributed by atoms with Crippen LogP contribution >= 0.6 is 0 Å². The number of hydrogen-bond donors (Lipinski definition) is 1. The predicted octanol–water partition coefficient (Wildman–Crippen LogP) is 2.95. The number of hydrogen-bond acceptors (Lipinski definition) is 3. The van der Waals surface area contributed by atoms with E-state index in [1.54, 1.807) is 0 Å². The highest BCUT2D eigenvalue weighted by Crippen LogP contribution is 2.13. The lowest BCUT2D eigenvalue weighted by atomic mass is 10.1. The summed E-state index contributed by atoms with van der Waals surface area (Å²) in [6.07, 6.45) is 12.1. The Kier molecular flexibility index (Phi) is 6.26. The van der Waals surface area contributed by atoms with Gasteiger partial charge in [0.25, 0.3) is 0 Å². The standard InChI is InChI=1S/C15H23NO2/c1-4-8-12(3)16-14(15(17)18-5-2)11-13-9-6-7-10-13/h6-7,9-13,16H,4-5,8H2,1-3H3/b14-11+/t12-/m1/s1. The number of esters is 1. The summed E-state index contributed by atoms with van der Waals surface area (Å²) in [5, 5.41) is 3.25. The molecule has 0 saturated heterocycles. The van der Waals surface area contributed by atoms with Gasteiger partial charge in [-0.05, 0) is 26.3 Å². The Morgan fingerprint density at radius 3 is 2.61 bits per heavy atom. The quantitative estimate of drug-likeness (QED) is 0.557. The summed E-state index contributed by atoms with van der Waals surface area (Å²) in [4.78, 5) is 11.9. The molecule has 1 atom stereocenters. The Morgan fingerprint density at radius 2 is 2.06 bits per heavy atom. The van der Waals surface area contributed by atoms with Gasteiger partial charge in [-0.3, -0.25) is 0 Å². The maximum absolute atomic E-state index is 11.9. The van der Waals surface area contributed by atoms with Gasteiger partial charge in [0.05, 0.1) is 6.61 Å². The van der Waals surface area contributed by atoms with E-state index in [-0.39, 0.29) is 17.9 Å². The maximum atomic E-state index is 11.9. The summed E-state index contributed by atoms with van der Waals surface area (Å²) in [5.41, 5.74) is 0.569. The number of ether oxygens (including phenoxy) is 1. The molecule has 0 aromatic carbocycles. The average molecular weight is 249 g/mol. The third kappa shape index (κ3) is 4.78. The molecule has 0 aliphatic heterocycles. The Hall–Kier alpha value is -1.51. The van der Waals surface area contributed by atoms with Crippen LogP contribution in [0, 0.1) is 5.92 Å². The van der Waals surface area contributed by atoms with E-state index < -0.39 is 0 Å². The van der Waals surface area contributed by atoms with Crippen molar-refractivity contribution in [3.05, 3.63) is 36.1 Å². The molecule has 1 N–H and O–H groups in total. The maximum Gasteiger partial charge on any atom is 0.354 e. The lowest BCUT2D eigenvalue weighted by molar-refractivity contribution is -0.139. The van der Waals surface area contributed by atoms with Crippen molar-refractivity contribution in [3.63, 3.8) is 0 Å². The lowest BCUT2D eigenvalue weighted by Gasteiger charge is -2.17. The zero-order valence-corrected chi connectivity index (χ0v) is 11.5. The van der Waals surface area contributed by atoms with Gasteiger partial charge in [-0.2, -0.15) is 0 Å². The fourth-order valence-corrected chi connectivity index (χ4v) is 1.91. The van der Waals surface area contributed by atoms with Crippen LogP contribution in [0.25, 0.3) is 0 Å². The van der Waals surface area contributed by atoms with Crippen molar-refractivity contribution in [2.75, 3.05) is 6.61 Å². The molecule has 1 aliphatic rings. The van der Waals surface area contributed by atoms with Crippen molar-refractivity contribution in [1.29, 1.82) is 0 Å². The number of nitrogens with one attached hydrogen (secondary N) is 1. The summed E-state index contributed by atoms with van der Waals surface area (Å²) < 4.78 is 5.08. The van der Waals surface area contributed by atoms with Crippen molar-refractivity contribution in [2.24, 2.45) is 5.92 Å². The van der Waals surface area contributed by atoms with E-state index in [1.165, 1.54) is 0 Å². The molecule has 0 aromatic rings. The molecule has 0 spiro atoms. The number of allylic oxidation sites excluding steroid dienone is 5. The molecule has 0 bridgehead atoms. The van der Waals surface area contributed by atoms with E-state index in [0.29, 0.717) is 12.3 Å². The minimum atomic E-state index is -0.269. The van der Waals surface area contributed by atoms with Crippen LogP contribution in [0.15, 0.2) is 36.1 Å². The molecule has 1 rings (SSSR count). The molecule has 3 heteroatoms. The summed E-state index contributed by atoms with van der Waals surface area (Å²) in [6, 6.07) is 0.278.